The molecule has 0 bridgehead atoms. The zero-order valence-corrected chi connectivity index (χ0v) is 28.5. The number of rotatable bonds is 9. The van der Waals surface area contributed by atoms with E-state index in [4.69, 9.17) is 9.47 Å². The Bertz CT molecular complexity index is 2170. The highest BCUT2D eigenvalue weighted by Crippen LogP contribution is 2.37. The fourth-order valence-corrected chi connectivity index (χ4v) is 6.41. The van der Waals surface area contributed by atoms with Crippen molar-refractivity contribution in [3.63, 3.8) is 0 Å². The molecule has 2 aliphatic rings. The van der Waals surface area contributed by atoms with Crippen molar-refractivity contribution in [2.75, 3.05) is 4.90 Å². The number of imide groups is 2. The summed E-state index contributed by atoms with van der Waals surface area (Å²) in [6.45, 7) is 10.0. The maximum atomic E-state index is 13.2. The highest BCUT2D eigenvalue weighted by atomic mass is 16.5. The molecule has 0 aromatic heterocycles. The summed E-state index contributed by atoms with van der Waals surface area (Å²) >= 11 is 0. The van der Waals surface area contributed by atoms with Gasteiger partial charge in [-0.2, -0.15) is 0 Å². The molecule has 0 fully saturated rings. The van der Waals surface area contributed by atoms with Crippen molar-refractivity contribution in [1.29, 1.82) is 0 Å². The fraction of sp³-hybridized carbons (Fsp3) is 0.190. The zero-order chi connectivity index (χ0) is 35.3. The van der Waals surface area contributed by atoms with Crippen LogP contribution < -0.4 is 14.4 Å². The number of carbonyl (C=O) groups excluding carboxylic acids is 4. The van der Waals surface area contributed by atoms with E-state index in [-0.39, 0.29) is 35.1 Å². The number of hydrogen-bond acceptors (Lipinski definition) is 6. The summed E-state index contributed by atoms with van der Waals surface area (Å²) in [5.41, 5.74) is 4.79. The van der Waals surface area contributed by atoms with E-state index >= 15 is 0 Å². The van der Waals surface area contributed by atoms with Gasteiger partial charge in [-0.1, -0.05) is 62.7 Å². The van der Waals surface area contributed by atoms with Gasteiger partial charge in [0.15, 0.2) is 0 Å². The normalized spacial score (nSPS) is 14.6. The van der Waals surface area contributed by atoms with Crippen LogP contribution in [0.1, 0.15) is 92.2 Å². The number of aryl methyl sites for hydroxylation is 1. The minimum absolute atomic E-state index is 0.173. The maximum Gasteiger partial charge on any atom is 0.266 e. The minimum atomic E-state index is -0.375. The van der Waals surface area contributed by atoms with Gasteiger partial charge < -0.3 is 9.47 Å². The van der Waals surface area contributed by atoms with Crippen molar-refractivity contribution in [2.45, 2.75) is 52.5 Å². The van der Waals surface area contributed by atoms with E-state index in [1.165, 1.54) is 9.80 Å². The van der Waals surface area contributed by atoms with Crippen LogP contribution in [-0.4, -0.2) is 34.6 Å². The number of hydrogen-bond donors (Lipinski definition) is 0. The van der Waals surface area contributed by atoms with Crippen LogP contribution in [0.5, 0.6) is 23.0 Å². The lowest BCUT2D eigenvalue weighted by atomic mass is 9.78. The predicted molar refractivity (Wildman–Crippen MR) is 191 cm³/mol. The van der Waals surface area contributed by atoms with Gasteiger partial charge >= 0.3 is 0 Å². The second-order valence-corrected chi connectivity index (χ2v) is 13.3. The third-order valence-corrected chi connectivity index (χ3v) is 9.69. The maximum absolute atomic E-state index is 13.2. The second-order valence-electron chi connectivity index (χ2n) is 13.3. The van der Waals surface area contributed by atoms with Gasteiger partial charge in [0.2, 0.25) is 0 Å². The molecule has 0 saturated carbocycles. The third-order valence-electron chi connectivity index (χ3n) is 9.69. The number of anilines is 1. The summed E-state index contributed by atoms with van der Waals surface area (Å²) in [4.78, 5) is 54.5. The van der Waals surface area contributed by atoms with Crippen LogP contribution in [0.2, 0.25) is 0 Å². The molecule has 0 spiro atoms. The molecule has 8 heteroatoms. The van der Waals surface area contributed by atoms with E-state index < -0.39 is 0 Å². The Labute approximate surface area is 290 Å². The number of amides is 4. The molecule has 5 aromatic rings. The summed E-state index contributed by atoms with van der Waals surface area (Å²) in [6.07, 6.45) is 0.687. The Morgan fingerprint density at radius 1 is 0.560 bits per heavy atom. The molecule has 2 heterocycles. The first-order chi connectivity index (χ1) is 24.0. The van der Waals surface area contributed by atoms with E-state index in [9.17, 15) is 19.2 Å². The summed E-state index contributed by atoms with van der Waals surface area (Å²) in [5, 5.41) is 0. The van der Waals surface area contributed by atoms with E-state index in [1.54, 1.807) is 48.5 Å². The van der Waals surface area contributed by atoms with Crippen molar-refractivity contribution < 1.29 is 28.7 Å². The highest BCUT2D eigenvalue weighted by molar-refractivity contribution is 6.34. The molecule has 5 aromatic carbocycles. The Morgan fingerprint density at radius 2 is 0.980 bits per heavy atom. The van der Waals surface area contributed by atoms with Crippen LogP contribution in [0.4, 0.5) is 5.69 Å². The van der Waals surface area contributed by atoms with Crippen molar-refractivity contribution in [3.8, 4) is 23.0 Å². The number of fused-ring (bicyclic) bond motifs is 2. The summed E-state index contributed by atoms with van der Waals surface area (Å²) in [6, 6.07) is 32.6. The zero-order valence-electron chi connectivity index (χ0n) is 28.5. The first kappa shape index (κ1) is 32.5. The molecular weight excluding hydrogens is 628 g/mol. The van der Waals surface area contributed by atoms with Crippen LogP contribution in [0, 0.1) is 6.92 Å². The topological polar surface area (TPSA) is 93.2 Å². The standard InChI is InChI=1S/C42H36N2O6/c1-6-26(3)43-38(45)34-21-19-32(23-36(34)40(43)47)49-30-15-9-27(10-16-30)42(4,5)28-11-17-31(18-12-28)50-33-20-22-35-37(24-33)41(48)44(39(35)46)29-13-7-25(2)8-14-29/h7-24,26H,6H2,1-5H3. The molecule has 0 aliphatic carbocycles. The van der Waals surface area contributed by atoms with Crippen LogP contribution in [0.25, 0.3) is 0 Å². The molecule has 4 amide bonds. The first-order valence-corrected chi connectivity index (χ1v) is 16.6. The van der Waals surface area contributed by atoms with Crippen molar-refractivity contribution in [3.05, 3.63) is 148 Å². The van der Waals surface area contributed by atoms with E-state index in [1.807, 2.05) is 81.4 Å². The second kappa shape index (κ2) is 12.5. The van der Waals surface area contributed by atoms with Gasteiger partial charge in [-0.15, -0.1) is 0 Å². The minimum Gasteiger partial charge on any atom is -0.457 e. The number of nitrogens with zero attached hydrogens (tertiary/aromatic N) is 2. The van der Waals surface area contributed by atoms with Crippen LogP contribution >= 0.6 is 0 Å². The SMILES string of the molecule is CCC(C)N1C(=O)c2ccc(Oc3ccc(C(C)(C)c4ccc(Oc5ccc6c(c5)C(=O)N(c5ccc(C)cc5)C6=O)cc4)cc3)cc2C1=O. The lowest BCUT2D eigenvalue weighted by Gasteiger charge is -2.26. The van der Waals surface area contributed by atoms with Crippen LogP contribution in [-0.2, 0) is 5.41 Å². The average molecular weight is 665 g/mol. The van der Waals surface area contributed by atoms with Crippen molar-refractivity contribution >= 4 is 29.3 Å². The highest BCUT2D eigenvalue weighted by Gasteiger charge is 2.39. The van der Waals surface area contributed by atoms with E-state index in [0.29, 0.717) is 57.4 Å². The number of ether oxygens (including phenoxy) is 2. The molecular formula is C42H36N2O6. The molecule has 0 saturated heterocycles. The van der Waals surface area contributed by atoms with Gasteiger partial charge in [0.05, 0.1) is 27.9 Å². The van der Waals surface area contributed by atoms with Gasteiger partial charge in [-0.05, 0) is 104 Å². The summed E-state index contributed by atoms with van der Waals surface area (Å²) in [5.74, 6) is 0.884. The Morgan fingerprint density at radius 3 is 1.48 bits per heavy atom. The Hall–Kier alpha value is -6.02. The molecule has 2 aliphatic heterocycles. The molecule has 0 radical (unpaired) electrons. The Kier molecular flexibility index (Phi) is 8.10. The Balaban J connectivity index is 1.02. The fourth-order valence-electron chi connectivity index (χ4n) is 6.41. The lowest BCUT2D eigenvalue weighted by Crippen LogP contribution is -2.37. The molecule has 1 atom stereocenters. The van der Waals surface area contributed by atoms with Crippen LogP contribution in [0.3, 0.4) is 0 Å². The van der Waals surface area contributed by atoms with Gasteiger partial charge in [0.25, 0.3) is 23.6 Å². The molecule has 8 nitrogen and oxygen atoms in total. The molecule has 7 rings (SSSR count). The number of benzene rings is 5. The van der Waals surface area contributed by atoms with Crippen molar-refractivity contribution in [2.24, 2.45) is 0 Å². The summed E-state index contributed by atoms with van der Waals surface area (Å²) < 4.78 is 12.2. The predicted octanol–water partition coefficient (Wildman–Crippen LogP) is 9.10. The molecule has 0 N–H and O–H groups in total. The molecule has 1 unspecified atom stereocenters. The summed E-state index contributed by atoms with van der Waals surface area (Å²) in [7, 11) is 0. The van der Waals surface area contributed by atoms with Gasteiger partial charge in [0.1, 0.15) is 23.0 Å². The lowest BCUT2D eigenvalue weighted by molar-refractivity contribution is 0.0592. The van der Waals surface area contributed by atoms with Crippen molar-refractivity contribution in [1.82, 2.24) is 4.90 Å². The smallest absolute Gasteiger partial charge is 0.266 e. The molecule has 50 heavy (non-hydrogen) atoms. The van der Waals surface area contributed by atoms with E-state index in [2.05, 4.69) is 13.8 Å². The average Bonchev–Trinajstić information content (AvgIpc) is 3.51. The van der Waals surface area contributed by atoms with Gasteiger partial charge in [-0.25, -0.2) is 4.90 Å². The van der Waals surface area contributed by atoms with E-state index in [0.717, 1.165) is 16.7 Å². The third kappa shape index (κ3) is 5.62. The molecule has 250 valence electrons. The van der Waals surface area contributed by atoms with Gasteiger partial charge in [0, 0.05) is 11.5 Å². The van der Waals surface area contributed by atoms with Crippen LogP contribution in [0.15, 0.2) is 109 Å². The largest absolute Gasteiger partial charge is 0.457 e. The quantitative estimate of drug-likeness (QED) is 0.146. The monoisotopic (exact) mass is 664 g/mol. The number of carbonyl (C=O) groups is 4. The first-order valence-electron chi connectivity index (χ1n) is 16.6. The van der Waals surface area contributed by atoms with Gasteiger partial charge in [-0.3, -0.25) is 24.1 Å².